The van der Waals surface area contributed by atoms with E-state index in [2.05, 4.69) is 0 Å². The van der Waals surface area contributed by atoms with Gasteiger partial charge in [0.25, 0.3) is 0 Å². The molecule has 0 saturated carbocycles. The number of halogens is 1. The van der Waals surface area contributed by atoms with Gasteiger partial charge in [0.15, 0.2) is 6.29 Å². The zero-order valence-corrected chi connectivity index (χ0v) is 11.5. The summed E-state index contributed by atoms with van der Waals surface area (Å²) in [4.78, 5) is 11.6. The molecule has 3 nitrogen and oxygen atoms in total. The molecule has 2 N–H and O–H groups in total. The molecule has 0 aliphatic carbocycles. The second kappa shape index (κ2) is 5.05. The van der Waals surface area contributed by atoms with Gasteiger partial charge < -0.3 is 10.5 Å². The fraction of sp³-hybridized carbons (Fsp3) is 0.118. The smallest absolute Gasteiger partial charge is 0.154 e. The summed E-state index contributed by atoms with van der Waals surface area (Å²) in [6, 6.07) is 11.6. The molecule has 0 fully saturated rings. The molecule has 1 atom stereocenters. The van der Waals surface area contributed by atoms with Gasteiger partial charge in [0.1, 0.15) is 17.7 Å². The van der Waals surface area contributed by atoms with Crippen molar-refractivity contribution < 1.29 is 13.9 Å². The van der Waals surface area contributed by atoms with E-state index in [0.717, 1.165) is 11.1 Å². The number of nitrogen functional groups attached to an aromatic ring is 1. The van der Waals surface area contributed by atoms with Crippen LogP contribution in [0.5, 0.6) is 0 Å². The van der Waals surface area contributed by atoms with Gasteiger partial charge in [0.05, 0.1) is 5.57 Å². The number of carbonyl (C=O) groups is 1. The lowest BCUT2D eigenvalue weighted by Crippen LogP contribution is -1.99. The van der Waals surface area contributed by atoms with Crippen molar-refractivity contribution in [2.24, 2.45) is 0 Å². The third-order valence-electron chi connectivity index (χ3n) is 3.60. The van der Waals surface area contributed by atoms with E-state index in [1.165, 1.54) is 18.2 Å². The van der Waals surface area contributed by atoms with Crippen LogP contribution in [0.15, 0.2) is 42.5 Å². The Labute approximate surface area is 121 Å². The first kappa shape index (κ1) is 13.4. The molecular weight excluding hydrogens is 269 g/mol. The van der Waals surface area contributed by atoms with Crippen LogP contribution in [0.4, 0.5) is 10.1 Å². The largest absolute Gasteiger partial charge is 0.485 e. The van der Waals surface area contributed by atoms with E-state index in [1.807, 2.05) is 31.2 Å². The molecule has 1 heterocycles. The number of aldehydes is 1. The molecular formula is C17H14FNO2. The lowest BCUT2D eigenvalue weighted by atomic mass is 9.98. The Morgan fingerprint density at radius 2 is 2.05 bits per heavy atom. The van der Waals surface area contributed by atoms with E-state index in [4.69, 9.17) is 10.5 Å². The first-order valence-corrected chi connectivity index (χ1v) is 6.62. The molecule has 1 aliphatic rings. The van der Waals surface area contributed by atoms with Gasteiger partial charge in [-0.2, -0.15) is 0 Å². The Morgan fingerprint density at radius 1 is 1.29 bits per heavy atom. The number of anilines is 1. The average molecular weight is 283 g/mol. The van der Waals surface area contributed by atoms with E-state index in [0.29, 0.717) is 23.2 Å². The Kier molecular flexibility index (Phi) is 3.22. The first-order chi connectivity index (χ1) is 10.1. The van der Waals surface area contributed by atoms with E-state index in [-0.39, 0.29) is 11.8 Å². The van der Waals surface area contributed by atoms with Crippen molar-refractivity contribution in [1.82, 2.24) is 0 Å². The van der Waals surface area contributed by atoms with Crippen molar-refractivity contribution in [3.05, 3.63) is 65.0 Å². The van der Waals surface area contributed by atoms with Gasteiger partial charge in [-0.3, -0.25) is 4.79 Å². The lowest BCUT2D eigenvalue weighted by molar-refractivity contribution is -0.103. The Bertz CT molecular complexity index is 752. The molecule has 4 heteroatoms. The number of allylic oxidation sites excluding steroid dienone is 1. The summed E-state index contributed by atoms with van der Waals surface area (Å²) >= 11 is 0. The fourth-order valence-electron chi connectivity index (χ4n) is 2.59. The van der Waals surface area contributed by atoms with Gasteiger partial charge in [0.2, 0.25) is 0 Å². The predicted molar refractivity (Wildman–Crippen MR) is 79.6 cm³/mol. The van der Waals surface area contributed by atoms with Crippen LogP contribution < -0.4 is 5.73 Å². The quantitative estimate of drug-likeness (QED) is 0.521. The highest BCUT2D eigenvalue weighted by Gasteiger charge is 2.27. The second-order valence-corrected chi connectivity index (χ2v) is 4.94. The van der Waals surface area contributed by atoms with E-state index in [1.54, 1.807) is 0 Å². The molecule has 3 rings (SSSR count). The summed E-state index contributed by atoms with van der Waals surface area (Å²) in [5.41, 5.74) is 8.75. The summed E-state index contributed by atoms with van der Waals surface area (Å²) < 4.78 is 19.0. The molecule has 2 aromatic rings. The highest BCUT2D eigenvalue weighted by Crippen LogP contribution is 2.42. The minimum atomic E-state index is -0.437. The van der Waals surface area contributed by atoms with Crippen molar-refractivity contribution in [2.75, 3.05) is 5.73 Å². The number of fused-ring (bicyclic) bond motifs is 1. The number of benzene rings is 2. The van der Waals surface area contributed by atoms with Gasteiger partial charge in [-0.05, 0) is 25.1 Å². The third-order valence-corrected chi connectivity index (χ3v) is 3.60. The maximum atomic E-state index is 13.2. The number of hydrogen-bond donors (Lipinski definition) is 1. The summed E-state index contributed by atoms with van der Waals surface area (Å²) in [5.74, 6) is 0.0546. The molecule has 1 aliphatic heterocycles. The molecule has 0 aromatic heterocycles. The van der Waals surface area contributed by atoms with Gasteiger partial charge in [-0.15, -0.1) is 0 Å². The third kappa shape index (κ3) is 2.18. The Morgan fingerprint density at radius 3 is 2.76 bits per heavy atom. The second-order valence-electron chi connectivity index (χ2n) is 4.94. The van der Waals surface area contributed by atoms with Crippen molar-refractivity contribution >= 4 is 23.3 Å². The van der Waals surface area contributed by atoms with Crippen LogP contribution >= 0.6 is 0 Å². The number of ether oxygens (including phenoxy) is 1. The minimum Gasteiger partial charge on any atom is -0.485 e. The monoisotopic (exact) mass is 283 g/mol. The van der Waals surface area contributed by atoms with Crippen LogP contribution in [0.3, 0.4) is 0 Å². The van der Waals surface area contributed by atoms with Crippen LogP contribution in [0.25, 0.3) is 11.3 Å². The van der Waals surface area contributed by atoms with Crippen molar-refractivity contribution in [2.45, 2.75) is 13.0 Å². The zero-order chi connectivity index (χ0) is 15.0. The molecule has 0 bridgehead atoms. The predicted octanol–water partition coefficient (Wildman–Crippen LogP) is 3.57. The highest BCUT2D eigenvalue weighted by molar-refractivity contribution is 6.18. The van der Waals surface area contributed by atoms with Crippen LogP contribution in [-0.4, -0.2) is 6.29 Å². The average Bonchev–Trinajstić information content (AvgIpc) is 2.80. The maximum absolute atomic E-state index is 13.2. The van der Waals surface area contributed by atoms with Crippen LogP contribution in [0.2, 0.25) is 0 Å². The first-order valence-electron chi connectivity index (χ1n) is 6.62. The molecule has 2 aromatic carbocycles. The summed E-state index contributed by atoms with van der Waals surface area (Å²) in [6.07, 6.45) is 0.570. The van der Waals surface area contributed by atoms with Crippen LogP contribution in [0.1, 0.15) is 29.7 Å². The Balaban J connectivity index is 2.22. The van der Waals surface area contributed by atoms with Crippen LogP contribution in [-0.2, 0) is 9.53 Å². The normalized spacial score (nSPS) is 18.9. The minimum absolute atomic E-state index is 0.132. The SMILES string of the molecule is CC1O/C(=C(/C=O)c2ccc(F)cc2N)c2ccccc21. The molecule has 0 radical (unpaired) electrons. The van der Waals surface area contributed by atoms with Gasteiger partial charge in [0, 0.05) is 22.4 Å². The molecule has 1 unspecified atom stereocenters. The van der Waals surface area contributed by atoms with Gasteiger partial charge >= 0.3 is 0 Å². The highest BCUT2D eigenvalue weighted by atomic mass is 19.1. The van der Waals surface area contributed by atoms with Crippen LogP contribution in [0, 0.1) is 5.82 Å². The summed E-state index contributed by atoms with van der Waals surface area (Å²) in [5, 5.41) is 0. The Hall–Kier alpha value is -2.62. The molecule has 106 valence electrons. The van der Waals surface area contributed by atoms with Crippen molar-refractivity contribution in [1.29, 1.82) is 0 Å². The van der Waals surface area contributed by atoms with Gasteiger partial charge in [-0.1, -0.05) is 24.3 Å². The molecule has 0 spiro atoms. The van der Waals surface area contributed by atoms with E-state index >= 15 is 0 Å². The number of nitrogens with two attached hydrogens (primary N) is 1. The number of carbonyl (C=O) groups excluding carboxylic acids is 1. The number of hydrogen-bond acceptors (Lipinski definition) is 3. The standard InChI is InChI=1S/C17H14FNO2/c1-10-12-4-2-3-5-14(12)17(21-10)15(9-20)13-7-6-11(18)8-16(13)19/h2-10H,19H2,1H3/b17-15-. The topological polar surface area (TPSA) is 52.3 Å². The summed E-state index contributed by atoms with van der Waals surface area (Å²) in [6.45, 7) is 1.92. The fourth-order valence-corrected chi connectivity index (χ4v) is 2.59. The molecule has 21 heavy (non-hydrogen) atoms. The zero-order valence-electron chi connectivity index (χ0n) is 11.5. The van der Waals surface area contributed by atoms with Crippen molar-refractivity contribution in [3.8, 4) is 0 Å². The van der Waals surface area contributed by atoms with Gasteiger partial charge in [-0.25, -0.2) is 4.39 Å². The number of rotatable bonds is 2. The van der Waals surface area contributed by atoms with E-state index in [9.17, 15) is 9.18 Å². The summed E-state index contributed by atoms with van der Waals surface area (Å²) in [7, 11) is 0. The van der Waals surface area contributed by atoms with Crippen molar-refractivity contribution in [3.63, 3.8) is 0 Å². The van der Waals surface area contributed by atoms with E-state index < -0.39 is 5.82 Å². The molecule has 0 saturated heterocycles. The lowest BCUT2D eigenvalue weighted by Gasteiger charge is -2.10. The molecule has 0 amide bonds. The maximum Gasteiger partial charge on any atom is 0.154 e.